The topological polar surface area (TPSA) is 60.0 Å². The number of aryl methyl sites for hydroxylation is 2. The summed E-state index contributed by atoms with van der Waals surface area (Å²) in [5.41, 5.74) is 5.19. The molecule has 3 saturated heterocycles. The SMILES string of the molecule is Cc1cc(-c2ccc3c(c2)OCC(C)(C)C3NC(=O)O[C@@H]2CN3CCC2CC3)cc(C)c1OC(C)C. The van der Waals surface area contributed by atoms with Crippen LogP contribution in [-0.2, 0) is 4.74 Å². The van der Waals surface area contributed by atoms with E-state index in [0.29, 0.717) is 12.5 Å². The molecule has 4 aliphatic rings. The molecule has 6 rings (SSSR count). The molecule has 1 unspecified atom stereocenters. The zero-order valence-corrected chi connectivity index (χ0v) is 22.5. The number of amides is 1. The Kier molecular flexibility index (Phi) is 6.67. The molecule has 1 amide bonds. The lowest BCUT2D eigenvalue weighted by molar-refractivity contribution is -0.0361. The Bertz CT molecular complexity index is 1110. The molecule has 3 fully saturated rings. The van der Waals surface area contributed by atoms with Crippen molar-refractivity contribution in [2.75, 3.05) is 26.2 Å². The van der Waals surface area contributed by atoms with Crippen molar-refractivity contribution in [3.8, 4) is 22.6 Å². The molecule has 4 heterocycles. The van der Waals surface area contributed by atoms with Gasteiger partial charge in [-0.3, -0.25) is 4.90 Å². The number of rotatable bonds is 5. The highest BCUT2D eigenvalue weighted by atomic mass is 16.6. The summed E-state index contributed by atoms with van der Waals surface area (Å²) in [7, 11) is 0. The van der Waals surface area contributed by atoms with Gasteiger partial charge in [0.25, 0.3) is 0 Å². The van der Waals surface area contributed by atoms with Crippen LogP contribution in [-0.4, -0.2) is 49.4 Å². The first-order valence-electron chi connectivity index (χ1n) is 13.4. The fourth-order valence-electron chi connectivity index (χ4n) is 5.99. The number of piperidine rings is 3. The molecule has 0 radical (unpaired) electrons. The van der Waals surface area contributed by atoms with Gasteiger partial charge >= 0.3 is 6.09 Å². The highest BCUT2D eigenvalue weighted by Crippen LogP contribution is 2.45. The van der Waals surface area contributed by atoms with Crippen molar-refractivity contribution in [2.45, 2.75) is 72.6 Å². The molecule has 6 nitrogen and oxygen atoms in total. The molecule has 6 heteroatoms. The van der Waals surface area contributed by atoms with Crippen molar-refractivity contribution in [1.82, 2.24) is 10.2 Å². The Hall–Kier alpha value is -2.73. The molecular formula is C30H40N2O4. The predicted octanol–water partition coefficient (Wildman–Crippen LogP) is 6.04. The third-order valence-electron chi connectivity index (χ3n) is 7.97. The Morgan fingerprint density at radius 1 is 1.08 bits per heavy atom. The summed E-state index contributed by atoms with van der Waals surface area (Å²) in [5, 5.41) is 3.20. The summed E-state index contributed by atoms with van der Waals surface area (Å²) in [6, 6.07) is 10.5. The number of hydrogen-bond donors (Lipinski definition) is 1. The van der Waals surface area contributed by atoms with Crippen LogP contribution in [0.15, 0.2) is 30.3 Å². The molecule has 4 aliphatic heterocycles. The van der Waals surface area contributed by atoms with Crippen molar-refractivity contribution in [1.29, 1.82) is 0 Å². The summed E-state index contributed by atoms with van der Waals surface area (Å²) >= 11 is 0. The first kappa shape index (κ1) is 24.9. The van der Waals surface area contributed by atoms with Gasteiger partial charge in [0.2, 0.25) is 0 Å². The summed E-state index contributed by atoms with van der Waals surface area (Å²) in [6.07, 6.45) is 2.05. The number of ether oxygens (including phenoxy) is 3. The number of carbonyl (C=O) groups excluding carboxylic acids is 1. The van der Waals surface area contributed by atoms with Gasteiger partial charge in [-0.05, 0) is 100.0 Å². The Balaban J connectivity index is 1.36. The number of benzene rings is 2. The molecule has 194 valence electrons. The molecule has 0 saturated carbocycles. The van der Waals surface area contributed by atoms with E-state index in [1.165, 1.54) is 0 Å². The second-order valence-corrected chi connectivity index (χ2v) is 11.8. The first-order chi connectivity index (χ1) is 17.1. The zero-order valence-electron chi connectivity index (χ0n) is 22.5. The largest absolute Gasteiger partial charge is 0.493 e. The third kappa shape index (κ3) is 4.93. The molecule has 2 bridgehead atoms. The second-order valence-electron chi connectivity index (χ2n) is 11.8. The van der Waals surface area contributed by atoms with Gasteiger partial charge in [0.1, 0.15) is 17.6 Å². The van der Waals surface area contributed by atoms with Crippen molar-refractivity contribution in [3.05, 3.63) is 47.0 Å². The second kappa shape index (κ2) is 9.62. The van der Waals surface area contributed by atoms with Gasteiger partial charge in [-0.25, -0.2) is 4.79 Å². The monoisotopic (exact) mass is 492 g/mol. The van der Waals surface area contributed by atoms with Gasteiger partial charge in [0.15, 0.2) is 0 Å². The molecule has 0 aliphatic carbocycles. The van der Waals surface area contributed by atoms with Gasteiger partial charge in [0, 0.05) is 17.5 Å². The van der Waals surface area contributed by atoms with E-state index in [1.807, 2.05) is 13.8 Å². The smallest absolute Gasteiger partial charge is 0.407 e. The van der Waals surface area contributed by atoms with Crippen LogP contribution in [0.2, 0.25) is 0 Å². The zero-order chi connectivity index (χ0) is 25.6. The van der Waals surface area contributed by atoms with Gasteiger partial charge < -0.3 is 19.5 Å². The van der Waals surface area contributed by atoms with Crippen LogP contribution in [0.4, 0.5) is 4.79 Å². The molecule has 2 aromatic carbocycles. The maximum Gasteiger partial charge on any atom is 0.407 e. The fraction of sp³-hybridized carbons (Fsp3) is 0.567. The lowest BCUT2D eigenvalue weighted by atomic mass is 9.78. The molecule has 36 heavy (non-hydrogen) atoms. The summed E-state index contributed by atoms with van der Waals surface area (Å²) in [5.74, 6) is 2.26. The van der Waals surface area contributed by atoms with E-state index in [1.54, 1.807) is 0 Å². The number of fused-ring (bicyclic) bond motifs is 4. The Labute approximate surface area is 215 Å². The van der Waals surface area contributed by atoms with E-state index in [-0.39, 0.29) is 29.8 Å². The van der Waals surface area contributed by atoms with Gasteiger partial charge in [-0.1, -0.05) is 26.0 Å². The first-order valence-corrected chi connectivity index (χ1v) is 13.4. The molecule has 2 aromatic rings. The quantitative estimate of drug-likeness (QED) is 0.552. The Morgan fingerprint density at radius 3 is 2.39 bits per heavy atom. The molecule has 0 aromatic heterocycles. The van der Waals surface area contributed by atoms with Gasteiger partial charge in [-0.15, -0.1) is 0 Å². The van der Waals surface area contributed by atoms with E-state index in [2.05, 4.69) is 68.2 Å². The lowest BCUT2D eigenvalue weighted by Gasteiger charge is -2.44. The highest BCUT2D eigenvalue weighted by molar-refractivity contribution is 5.71. The number of carbonyl (C=O) groups is 1. The lowest BCUT2D eigenvalue weighted by Crippen LogP contribution is -2.53. The van der Waals surface area contributed by atoms with Gasteiger partial charge in [-0.2, -0.15) is 0 Å². The number of nitrogens with zero attached hydrogens (tertiary/aromatic N) is 1. The number of nitrogens with one attached hydrogen (secondary N) is 1. The van der Waals surface area contributed by atoms with Crippen LogP contribution in [0, 0.1) is 25.2 Å². The molecule has 1 N–H and O–H groups in total. The van der Waals surface area contributed by atoms with E-state index < -0.39 is 0 Å². The predicted molar refractivity (Wildman–Crippen MR) is 142 cm³/mol. The third-order valence-corrected chi connectivity index (χ3v) is 7.97. The van der Waals surface area contributed by atoms with Crippen LogP contribution in [0.3, 0.4) is 0 Å². The maximum atomic E-state index is 13.0. The van der Waals surface area contributed by atoms with Crippen molar-refractivity contribution >= 4 is 6.09 Å². The minimum Gasteiger partial charge on any atom is -0.493 e. The highest BCUT2D eigenvalue weighted by Gasteiger charge is 2.41. The van der Waals surface area contributed by atoms with E-state index in [0.717, 1.165) is 71.8 Å². The minimum absolute atomic E-state index is 0.00794. The molecular weight excluding hydrogens is 452 g/mol. The molecule has 2 atom stereocenters. The van der Waals surface area contributed by atoms with Crippen LogP contribution < -0.4 is 14.8 Å². The average Bonchev–Trinajstić information content (AvgIpc) is 2.83. The standard InChI is InChI=1S/C30H40N2O4/c1-18(2)35-27-19(3)13-23(14-20(27)4)22-7-8-24-25(15-22)34-17-30(5,6)28(24)31-29(33)36-26-16-32-11-9-21(26)10-12-32/h7-8,13-15,18,21,26,28H,9-12,16-17H2,1-6H3,(H,31,33)/t26-,28?/m1/s1. The molecule has 0 spiro atoms. The van der Waals surface area contributed by atoms with Crippen molar-refractivity contribution in [3.63, 3.8) is 0 Å². The van der Waals surface area contributed by atoms with Crippen LogP contribution >= 0.6 is 0 Å². The van der Waals surface area contributed by atoms with E-state index in [4.69, 9.17) is 14.2 Å². The van der Waals surface area contributed by atoms with Crippen LogP contribution in [0.5, 0.6) is 11.5 Å². The normalized spacial score (nSPS) is 26.2. The minimum atomic E-state index is -0.323. The van der Waals surface area contributed by atoms with Crippen LogP contribution in [0.25, 0.3) is 11.1 Å². The summed E-state index contributed by atoms with van der Waals surface area (Å²) < 4.78 is 18.2. The number of hydrogen-bond acceptors (Lipinski definition) is 5. The van der Waals surface area contributed by atoms with Crippen molar-refractivity contribution in [2.24, 2.45) is 11.3 Å². The average molecular weight is 493 g/mol. The number of alkyl carbamates (subject to hydrolysis) is 1. The van der Waals surface area contributed by atoms with Crippen molar-refractivity contribution < 1.29 is 19.0 Å². The summed E-state index contributed by atoms with van der Waals surface area (Å²) in [6.45, 7) is 16.2. The van der Waals surface area contributed by atoms with E-state index in [9.17, 15) is 4.79 Å². The van der Waals surface area contributed by atoms with Gasteiger partial charge in [0.05, 0.1) is 18.8 Å². The van der Waals surface area contributed by atoms with E-state index >= 15 is 0 Å². The fourth-order valence-corrected chi connectivity index (χ4v) is 5.99. The Morgan fingerprint density at radius 2 is 1.78 bits per heavy atom. The van der Waals surface area contributed by atoms with Crippen LogP contribution in [0.1, 0.15) is 63.3 Å². The maximum absolute atomic E-state index is 13.0. The summed E-state index contributed by atoms with van der Waals surface area (Å²) in [4.78, 5) is 15.4.